The molecule has 7 heteroatoms. The standard InChI is InChI=1S/C20H15N3O4/c1-11-5-4-7-13-9-14(20(26)27-17(11)13)18(24)22-23-19(25)16-10-12-6-2-3-8-15(12)21-16/h2-10,21H,1H3,(H,22,24)(H,23,25). The molecule has 0 unspecified atom stereocenters. The lowest BCUT2D eigenvalue weighted by molar-refractivity contribution is 0.0842. The van der Waals surface area contributed by atoms with E-state index in [1.54, 1.807) is 18.2 Å². The van der Waals surface area contributed by atoms with Crippen LogP contribution in [0.2, 0.25) is 0 Å². The number of aromatic amines is 1. The summed E-state index contributed by atoms with van der Waals surface area (Å²) in [5.41, 5.74) is 5.90. The zero-order chi connectivity index (χ0) is 19.0. The molecule has 2 aromatic carbocycles. The van der Waals surface area contributed by atoms with Crippen LogP contribution in [-0.4, -0.2) is 16.8 Å². The van der Waals surface area contributed by atoms with Crippen molar-refractivity contribution in [3.63, 3.8) is 0 Å². The van der Waals surface area contributed by atoms with Crippen LogP contribution >= 0.6 is 0 Å². The Bertz CT molecular complexity index is 1220. The van der Waals surface area contributed by atoms with Crippen LogP contribution in [0, 0.1) is 6.92 Å². The van der Waals surface area contributed by atoms with Crippen molar-refractivity contribution in [1.82, 2.24) is 15.8 Å². The molecule has 27 heavy (non-hydrogen) atoms. The zero-order valence-corrected chi connectivity index (χ0v) is 14.3. The van der Waals surface area contributed by atoms with Gasteiger partial charge in [-0.3, -0.25) is 20.4 Å². The van der Waals surface area contributed by atoms with Crippen molar-refractivity contribution in [3.8, 4) is 0 Å². The summed E-state index contributed by atoms with van der Waals surface area (Å²) in [5.74, 6) is -1.28. The number of rotatable bonds is 2. The maximum absolute atomic E-state index is 12.3. The van der Waals surface area contributed by atoms with Crippen LogP contribution in [0.25, 0.3) is 21.9 Å². The van der Waals surface area contributed by atoms with Gasteiger partial charge in [-0.2, -0.15) is 0 Å². The molecule has 0 spiro atoms. The molecule has 0 aliphatic heterocycles. The normalized spacial score (nSPS) is 10.9. The number of hydrogen-bond donors (Lipinski definition) is 3. The molecule has 0 atom stereocenters. The largest absolute Gasteiger partial charge is 0.422 e. The molecule has 0 fully saturated rings. The summed E-state index contributed by atoms with van der Waals surface area (Å²) >= 11 is 0. The van der Waals surface area contributed by atoms with Crippen LogP contribution in [0.5, 0.6) is 0 Å². The number of para-hydroxylation sites is 2. The zero-order valence-electron chi connectivity index (χ0n) is 14.3. The SMILES string of the molecule is Cc1cccc2cc(C(=O)NNC(=O)c3cc4ccccc4[nH]3)c(=O)oc12. The van der Waals surface area contributed by atoms with E-state index in [9.17, 15) is 14.4 Å². The smallest absolute Gasteiger partial charge is 0.349 e. The van der Waals surface area contributed by atoms with Gasteiger partial charge in [0.25, 0.3) is 11.8 Å². The Morgan fingerprint density at radius 3 is 2.48 bits per heavy atom. The fourth-order valence-electron chi connectivity index (χ4n) is 2.89. The van der Waals surface area contributed by atoms with E-state index in [1.807, 2.05) is 37.3 Å². The average Bonchev–Trinajstić information content (AvgIpc) is 3.10. The monoisotopic (exact) mass is 361 g/mol. The number of fused-ring (bicyclic) bond motifs is 2. The number of aromatic nitrogens is 1. The Balaban J connectivity index is 1.54. The van der Waals surface area contributed by atoms with E-state index in [-0.39, 0.29) is 11.3 Å². The predicted octanol–water partition coefficient (Wildman–Crippen LogP) is 2.66. The van der Waals surface area contributed by atoms with Gasteiger partial charge in [0.2, 0.25) is 0 Å². The molecule has 134 valence electrons. The fourth-order valence-corrected chi connectivity index (χ4v) is 2.89. The third kappa shape index (κ3) is 3.06. The molecule has 0 saturated heterocycles. The summed E-state index contributed by atoms with van der Waals surface area (Å²) in [6, 6.07) is 15.9. The molecule has 2 aromatic heterocycles. The highest BCUT2D eigenvalue weighted by Crippen LogP contribution is 2.17. The third-order valence-corrected chi connectivity index (χ3v) is 4.27. The van der Waals surface area contributed by atoms with Crippen molar-refractivity contribution in [2.45, 2.75) is 6.92 Å². The van der Waals surface area contributed by atoms with Crippen LogP contribution in [0.3, 0.4) is 0 Å². The summed E-state index contributed by atoms with van der Waals surface area (Å²) in [6.45, 7) is 1.81. The van der Waals surface area contributed by atoms with Gasteiger partial charge in [0.15, 0.2) is 0 Å². The van der Waals surface area contributed by atoms with Gasteiger partial charge in [-0.15, -0.1) is 0 Å². The second kappa shape index (κ2) is 6.45. The molecule has 0 aliphatic rings. The van der Waals surface area contributed by atoms with E-state index in [2.05, 4.69) is 15.8 Å². The summed E-state index contributed by atoms with van der Waals surface area (Å²) < 4.78 is 5.24. The Morgan fingerprint density at radius 1 is 0.926 bits per heavy atom. The van der Waals surface area contributed by atoms with Crippen LogP contribution in [0.15, 0.2) is 63.8 Å². The number of benzene rings is 2. The fraction of sp³-hybridized carbons (Fsp3) is 0.0500. The first-order valence-corrected chi connectivity index (χ1v) is 8.25. The number of carbonyl (C=O) groups excluding carboxylic acids is 2. The van der Waals surface area contributed by atoms with E-state index in [0.29, 0.717) is 11.0 Å². The molecule has 0 aliphatic carbocycles. The molecule has 0 bridgehead atoms. The lowest BCUT2D eigenvalue weighted by atomic mass is 10.1. The van der Waals surface area contributed by atoms with Crippen LogP contribution in [-0.2, 0) is 0 Å². The average molecular weight is 361 g/mol. The Kier molecular flexibility index (Phi) is 3.97. The van der Waals surface area contributed by atoms with Gasteiger partial charge in [-0.1, -0.05) is 36.4 Å². The van der Waals surface area contributed by atoms with Crippen molar-refractivity contribution < 1.29 is 14.0 Å². The molecule has 7 nitrogen and oxygen atoms in total. The number of H-pyrrole nitrogens is 1. The van der Waals surface area contributed by atoms with E-state index < -0.39 is 17.4 Å². The molecule has 0 saturated carbocycles. The summed E-state index contributed by atoms with van der Waals surface area (Å²) in [6.07, 6.45) is 0. The van der Waals surface area contributed by atoms with Crippen LogP contribution in [0.4, 0.5) is 0 Å². The molecular formula is C20H15N3O4. The van der Waals surface area contributed by atoms with Crippen LogP contribution in [0.1, 0.15) is 26.4 Å². The van der Waals surface area contributed by atoms with Gasteiger partial charge in [0.1, 0.15) is 16.8 Å². The van der Waals surface area contributed by atoms with Crippen molar-refractivity contribution in [2.75, 3.05) is 0 Å². The van der Waals surface area contributed by atoms with Crippen molar-refractivity contribution >= 4 is 33.7 Å². The van der Waals surface area contributed by atoms with E-state index in [4.69, 9.17) is 4.42 Å². The first-order valence-electron chi connectivity index (χ1n) is 8.25. The van der Waals surface area contributed by atoms with E-state index in [1.165, 1.54) is 6.07 Å². The molecular weight excluding hydrogens is 346 g/mol. The number of aryl methyl sites for hydroxylation is 1. The summed E-state index contributed by atoms with van der Waals surface area (Å²) in [5, 5.41) is 1.50. The highest BCUT2D eigenvalue weighted by Gasteiger charge is 2.16. The van der Waals surface area contributed by atoms with Gasteiger partial charge in [-0.05, 0) is 30.7 Å². The maximum atomic E-state index is 12.3. The van der Waals surface area contributed by atoms with Crippen LogP contribution < -0.4 is 16.5 Å². The highest BCUT2D eigenvalue weighted by atomic mass is 16.4. The van der Waals surface area contributed by atoms with Crippen molar-refractivity contribution in [3.05, 3.63) is 81.8 Å². The molecule has 2 heterocycles. The number of hydrazine groups is 1. The van der Waals surface area contributed by atoms with Gasteiger partial charge in [0.05, 0.1) is 0 Å². The van der Waals surface area contributed by atoms with Gasteiger partial charge in [-0.25, -0.2) is 4.79 Å². The quantitative estimate of drug-likeness (QED) is 0.377. The lowest BCUT2D eigenvalue weighted by Gasteiger charge is -2.07. The topological polar surface area (TPSA) is 104 Å². The second-order valence-electron chi connectivity index (χ2n) is 6.12. The molecule has 4 aromatic rings. The number of hydrogen-bond acceptors (Lipinski definition) is 4. The number of nitrogens with one attached hydrogen (secondary N) is 3. The molecule has 4 rings (SSSR count). The number of amides is 2. The van der Waals surface area contributed by atoms with E-state index in [0.717, 1.165) is 16.5 Å². The van der Waals surface area contributed by atoms with Crippen molar-refractivity contribution in [1.29, 1.82) is 0 Å². The summed E-state index contributed by atoms with van der Waals surface area (Å²) in [7, 11) is 0. The molecule has 2 amide bonds. The first kappa shape index (κ1) is 16.6. The highest BCUT2D eigenvalue weighted by molar-refractivity contribution is 6.01. The molecule has 0 radical (unpaired) electrons. The predicted molar refractivity (Wildman–Crippen MR) is 100 cm³/mol. The van der Waals surface area contributed by atoms with Gasteiger partial charge >= 0.3 is 5.63 Å². The Morgan fingerprint density at radius 2 is 1.67 bits per heavy atom. The first-order chi connectivity index (χ1) is 13.0. The minimum absolute atomic E-state index is 0.190. The summed E-state index contributed by atoms with van der Waals surface area (Å²) in [4.78, 5) is 39.6. The Labute approximate surface area is 153 Å². The minimum atomic E-state index is -0.769. The second-order valence-corrected chi connectivity index (χ2v) is 6.12. The minimum Gasteiger partial charge on any atom is -0.422 e. The van der Waals surface area contributed by atoms with Crippen molar-refractivity contribution in [2.24, 2.45) is 0 Å². The Hall–Kier alpha value is -3.87. The van der Waals surface area contributed by atoms with E-state index >= 15 is 0 Å². The third-order valence-electron chi connectivity index (χ3n) is 4.27. The maximum Gasteiger partial charge on any atom is 0.349 e. The van der Waals surface area contributed by atoms with Gasteiger partial charge < -0.3 is 9.40 Å². The lowest BCUT2D eigenvalue weighted by Crippen LogP contribution is -2.43. The number of carbonyl (C=O) groups is 2. The molecule has 3 N–H and O–H groups in total. The van der Waals surface area contributed by atoms with Gasteiger partial charge in [0, 0.05) is 16.3 Å².